The molecule has 6 nitrogen and oxygen atoms in total. The molecule has 0 spiro atoms. The number of H-pyrrole nitrogens is 1. The molecule has 0 radical (unpaired) electrons. The summed E-state index contributed by atoms with van der Waals surface area (Å²) in [6, 6.07) is 14.0. The van der Waals surface area contributed by atoms with Crippen molar-refractivity contribution >= 4 is 52.2 Å². The van der Waals surface area contributed by atoms with Crippen LogP contribution >= 0.6 is 34.7 Å². The second-order valence-corrected chi connectivity index (χ2v) is 12.2. The van der Waals surface area contributed by atoms with Crippen molar-refractivity contribution in [2.24, 2.45) is 29.6 Å². The molecule has 4 aliphatic rings. The van der Waals surface area contributed by atoms with E-state index in [2.05, 4.69) is 4.98 Å². The molecule has 7 rings (SSSR count). The minimum atomic E-state index is -0.341. The standard InChI is InChI=1S/C25H19ClN2O4S2/c26-11-3-5-12(6-4-11)28-23(30)18-14-9-15(19(18)24(28)31)20-17(14)16(10-1-7-13(29)8-2-10)21-22(33-20)27-25(32)34-21/h1-8,14-20,29H,9H2,(H,27,32)/t14-,15-,16+,17-,18+,19-,20-/m1/s1. The second-order valence-electron chi connectivity index (χ2n) is 9.54. The summed E-state index contributed by atoms with van der Waals surface area (Å²) in [6.45, 7) is 0. The van der Waals surface area contributed by atoms with E-state index in [0.29, 0.717) is 10.7 Å². The number of phenolic OH excluding ortho intramolecular Hbond substituents is 1. The van der Waals surface area contributed by atoms with Crippen LogP contribution in [0.3, 0.4) is 0 Å². The first-order chi connectivity index (χ1) is 16.4. The number of thioether (sulfide) groups is 1. The number of thiazole rings is 1. The molecule has 2 amide bonds. The van der Waals surface area contributed by atoms with Crippen LogP contribution in [0.4, 0.5) is 5.69 Å². The van der Waals surface area contributed by atoms with Crippen LogP contribution in [0.1, 0.15) is 22.8 Å². The van der Waals surface area contributed by atoms with Gasteiger partial charge in [0.2, 0.25) is 11.8 Å². The van der Waals surface area contributed by atoms with Crippen LogP contribution in [0.5, 0.6) is 5.75 Å². The van der Waals surface area contributed by atoms with Crippen molar-refractivity contribution in [1.82, 2.24) is 4.98 Å². The molecule has 34 heavy (non-hydrogen) atoms. The van der Waals surface area contributed by atoms with Gasteiger partial charge in [-0.05, 0) is 66.1 Å². The van der Waals surface area contributed by atoms with Gasteiger partial charge in [0.05, 0.1) is 22.5 Å². The molecular weight excluding hydrogens is 492 g/mol. The molecule has 0 unspecified atom stereocenters. The highest BCUT2D eigenvalue weighted by atomic mass is 35.5. The van der Waals surface area contributed by atoms with Crippen LogP contribution in [0.2, 0.25) is 5.02 Å². The Morgan fingerprint density at radius 2 is 1.62 bits per heavy atom. The lowest BCUT2D eigenvalue weighted by atomic mass is 9.68. The number of rotatable bonds is 2. The minimum absolute atomic E-state index is 0.0470. The number of fused-ring (bicyclic) bond motifs is 9. The fraction of sp³-hybridized carbons (Fsp3) is 0.320. The van der Waals surface area contributed by atoms with Gasteiger partial charge in [-0.15, -0.1) is 11.8 Å². The van der Waals surface area contributed by atoms with Crippen molar-refractivity contribution < 1.29 is 14.7 Å². The summed E-state index contributed by atoms with van der Waals surface area (Å²) in [4.78, 5) is 44.8. The lowest BCUT2D eigenvalue weighted by molar-refractivity contribution is -0.123. The Morgan fingerprint density at radius 3 is 2.32 bits per heavy atom. The SMILES string of the molecule is O=C1[C@@H]2[C@H]3C[C@@H]([C@@H]2C(=O)N1c1ccc(Cl)cc1)[C@@H]1[C@H](c2ccc(O)cc2)c2sc(=O)[nH]c2S[C@H]31. The highest BCUT2D eigenvalue weighted by Crippen LogP contribution is 2.68. The zero-order chi connectivity index (χ0) is 23.3. The van der Waals surface area contributed by atoms with Crippen molar-refractivity contribution in [3.8, 4) is 5.75 Å². The van der Waals surface area contributed by atoms with Gasteiger partial charge in [-0.3, -0.25) is 19.3 Å². The van der Waals surface area contributed by atoms with Gasteiger partial charge in [-0.1, -0.05) is 35.1 Å². The maximum atomic E-state index is 13.7. The van der Waals surface area contributed by atoms with Gasteiger partial charge in [-0.2, -0.15) is 0 Å². The Labute approximate surface area is 207 Å². The molecule has 3 fully saturated rings. The van der Waals surface area contributed by atoms with Crippen LogP contribution in [-0.4, -0.2) is 27.2 Å². The van der Waals surface area contributed by atoms with E-state index in [9.17, 15) is 19.5 Å². The molecule has 2 aromatic carbocycles. The first-order valence-corrected chi connectivity index (χ1v) is 13.3. The second kappa shape index (κ2) is 7.23. The number of amides is 2. The zero-order valence-corrected chi connectivity index (χ0v) is 20.1. The minimum Gasteiger partial charge on any atom is -0.508 e. The Balaban J connectivity index is 1.32. The number of imide groups is 1. The molecular formula is C25H19ClN2O4S2. The third-order valence-electron chi connectivity index (χ3n) is 8.06. The summed E-state index contributed by atoms with van der Waals surface area (Å²) in [6.07, 6.45) is 0.845. The van der Waals surface area contributed by atoms with Gasteiger partial charge in [0, 0.05) is 21.1 Å². The summed E-state index contributed by atoms with van der Waals surface area (Å²) in [5.41, 5.74) is 1.60. The first kappa shape index (κ1) is 20.8. The van der Waals surface area contributed by atoms with Crippen LogP contribution < -0.4 is 9.77 Å². The molecule has 2 saturated carbocycles. The fourth-order valence-electron chi connectivity index (χ4n) is 6.92. The van der Waals surface area contributed by atoms with Gasteiger partial charge in [0.1, 0.15) is 5.75 Å². The number of halogens is 1. The van der Waals surface area contributed by atoms with Crippen molar-refractivity contribution in [3.63, 3.8) is 0 Å². The molecule has 7 atom stereocenters. The van der Waals surface area contributed by atoms with Crippen LogP contribution in [-0.2, 0) is 9.59 Å². The summed E-state index contributed by atoms with van der Waals surface area (Å²) in [5.74, 6) is -0.478. The third-order valence-corrected chi connectivity index (χ3v) is 10.9. The Kier molecular flexibility index (Phi) is 4.42. The van der Waals surface area contributed by atoms with E-state index in [0.717, 1.165) is 21.9 Å². The lowest BCUT2D eigenvalue weighted by Gasteiger charge is -2.43. The monoisotopic (exact) mass is 510 g/mol. The molecule has 2 N–H and O–H groups in total. The Bertz CT molecular complexity index is 1400. The highest BCUT2D eigenvalue weighted by molar-refractivity contribution is 8.00. The summed E-state index contributed by atoms with van der Waals surface area (Å²) in [5, 5.41) is 11.4. The van der Waals surface area contributed by atoms with Crippen LogP contribution in [0.25, 0.3) is 0 Å². The number of carbonyl (C=O) groups is 2. The van der Waals surface area contributed by atoms with Gasteiger partial charge < -0.3 is 10.1 Å². The molecule has 1 saturated heterocycles. The number of aromatic nitrogens is 1. The number of aromatic amines is 1. The van der Waals surface area contributed by atoms with E-state index >= 15 is 0 Å². The zero-order valence-electron chi connectivity index (χ0n) is 17.7. The average Bonchev–Trinajstić information content (AvgIpc) is 3.54. The maximum absolute atomic E-state index is 13.7. The van der Waals surface area contributed by atoms with Gasteiger partial charge in [-0.25, -0.2) is 0 Å². The maximum Gasteiger partial charge on any atom is 0.305 e. The van der Waals surface area contributed by atoms with Crippen LogP contribution in [0.15, 0.2) is 58.4 Å². The lowest BCUT2D eigenvalue weighted by Crippen LogP contribution is -2.42. The number of carbonyl (C=O) groups excluding carboxylic acids is 2. The van der Waals surface area contributed by atoms with Crippen molar-refractivity contribution in [3.05, 3.63) is 73.7 Å². The van der Waals surface area contributed by atoms with Crippen LogP contribution in [0, 0.1) is 29.6 Å². The predicted octanol–water partition coefficient (Wildman–Crippen LogP) is 4.47. The quantitative estimate of drug-likeness (QED) is 0.496. The molecule has 9 heteroatoms. The fourth-order valence-corrected chi connectivity index (χ4v) is 9.93. The number of nitrogens with one attached hydrogen (secondary N) is 1. The topological polar surface area (TPSA) is 90.5 Å². The van der Waals surface area contributed by atoms with Gasteiger partial charge in [0.25, 0.3) is 0 Å². The molecule has 3 aromatic rings. The smallest absolute Gasteiger partial charge is 0.305 e. The molecule has 2 bridgehead atoms. The number of phenols is 1. The van der Waals surface area contributed by atoms with E-state index < -0.39 is 0 Å². The number of benzene rings is 2. The van der Waals surface area contributed by atoms with Gasteiger partial charge >= 0.3 is 4.87 Å². The number of nitrogens with zero attached hydrogens (tertiary/aromatic N) is 1. The molecule has 172 valence electrons. The molecule has 2 aliphatic carbocycles. The summed E-state index contributed by atoms with van der Waals surface area (Å²) in [7, 11) is 0. The molecule has 1 aromatic heterocycles. The molecule has 2 aliphatic heterocycles. The van der Waals surface area contributed by atoms with Crippen molar-refractivity contribution in [2.75, 3.05) is 4.90 Å². The van der Waals surface area contributed by atoms with E-state index in [1.165, 1.54) is 16.2 Å². The Morgan fingerprint density at radius 1 is 0.941 bits per heavy atom. The van der Waals surface area contributed by atoms with E-state index in [1.807, 2.05) is 12.1 Å². The Hall–Kier alpha value is -2.55. The number of aromatic hydroxyl groups is 1. The third kappa shape index (κ3) is 2.73. The van der Waals surface area contributed by atoms with Gasteiger partial charge in [0.15, 0.2) is 0 Å². The van der Waals surface area contributed by atoms with Crippen molar-refractivity contribution in [1.29, 1.82) is 0 Å². The summed E-state index contributed by atoms with van der Waals surface area (Å²) < 4.78 is 0. The highest BCUT2D eigenvalue weighted by Gasteiger charge is 2.69. The van der Waals surface area contributed by atoms with Crippen molar-refractivity contribution in [2.45, 2.75) is 22.6 Å². The van der Waals surface area contributed by atoms with E-state index in [1.54, 1.807) is 48.2 Å². The number of anilines is 1. The summed E-state index contributed by atoms with van der Waals surface area (Å²) >= 11 is 8.92. The van der Waals surface area contributed by atoms with E-state index in [4.69, 9.17) is 11.6 Å². The van der Waals surface area contributed by atoms with E-state index in [-0.39, 0.29) is 63.2 Å². The normalized spacial score (nSPS) is 33.2. The molecule has 3 heterocycles. The first-order valence-electron chi connectivity index (χ1n) is 11.2. The number of hydrogen-bond acceptors (Lipinski definition) is 6. The number of hydrogen-bond donors (Lipinski definition) is 2. The predicted molar refractivity (Wildman–Crippen MR) is 131 cm³/mol. The average molecular weight is 511 g/mol. The largest absolute Gasteiger partial charge is 0.508 e.